The van der Waals surface area contributed by atoms with Crippen molar-refractivity contribution in [3.63, 3.8) is 0 Å². The van der Waals surface area contributed by atoms with Gasteiger partial charge in [-0.05, 0) is 0 Å². The number of carbonyl (C=O) groups is 1. The Labute approximate surface area is 43.7 Å². The predicted molar refractivity (Wildman–Crippen MR) is 21.1 cm³/mol. The minimum atomic E-state index is -1.19. The second-order valence-corrected chi connectivity index (χ2v) is 0.689. The quantitative estimate of drug-likeness (QED) is 0.281. The summed E-state index contributed by atoms with van der Waals surface area (Å²) in [7, 11) is 0. The summed E-state index contributed by atoms with van der Waals surface area (Å²) in [5.41, 5.74) is 0. The molecular formula is C3N2O3+2. The topological polar surface area (TPSA) is 79.4 Å². The summed E-state index contributed by atoms with van der Waals surface area (Å²) in [6, 6.07) is -1.19. The van der Waals surface area contributed by atoms with E-state index in [4.69, 9.17) is 0 Å². The number of amides is 2. The zero-order valence-electron chi connectivity index (χ0n) is 3.62. The van der Waals surface area contributed by atoms with Crippen molar-refractivity contribution in [3.8, 4) is 0 Å². The van der Waals surface area contributed by atoms with Gasteiger partial charge in [0, 0.05) is 0 Å². The molecule has 5 heteroatoms. The van der Waals surface area contributed by atoms with E-state index in [2.05, 4.69) is 9.98 Å². The summed E-state index contributed by atoms with van der Waals surface area (Å²) in [5.74, 6) is 0. The lowest BCUT2D eigenvalue weighted by Crippen LogP contribution is -2.06. The fourth-order valence-electron chi connectivity index (χ4n) is 0.103. The number of hydrogen-bond donors (Lipinski definition) is 0. The standard InChI is InChI=1S/C3N2O3/c6-1-4-3(8)5-2-7/q+2. The Kier molecular flexibility index (Phi) is 2.90. The lowest BCUT2D eigenvalue weighted by molar-refractivity contribution is 0.251. The minimum Gasteiger partial charge on any atom is -0.154 e. The third-order valence-corrected chi connectivity index (χ3v) is 0.283. The molecule has 0 aliphatic carbocycles. The zero-order valence-corrected chi connectivity index (χ0v) is 3.62. The first-order valence-corrected chi connectivity index (χ1v) is 1.51. The van der Waals surface area contributed by atoms with Gasteiger partial charge in [0.2, 0.25) is 0 Å². The molecule has 0 heterocycles. The second kappa shape index (κ2) is 3.61. The highest BCUT2D eigenvalue weighted by Crippen LogP contribution is 1.48. The summed E-state index contributed by atoms with van der Waals surface area (Å²) < 4.78 is 0. The molecule has 0 N–H and O–H groups in total. The lowest BCUT2D eigenvalue weighted by atomic mass is 11.1. The number of urea groups is 1. The van der Waals surface area contributed by atoms with Gasteiger partial charge in [0.05, 0.1) is 0 Å². The fraction of sp³-hybridized carbons (Fsp3) is 0. The van der Waals surface area contributed by atoms with Crippen LogP contribution in [0.5, 0.6) is 0 Å². The van der Waals surface area contributed by atoms with E-state index in [-0.39, 0.29) is 0 Å². The Morgan fingerprint density at radius 2 is 1.50 bits per heavy atom. The highest BCUT2D eigenvalue weighted by Gasteiger charge is 2.26. The molecule has 0 bridgehead atoms. The van der Waals surface area contributed by atoms with Gasteiger partial charge >= 0.3 is 18.2 Å². The van der Waals surface area contributed by atoms with E-state index < -0.39 is 6.03 Å². The summed E-state index contributed by atoms with van der Waals surface area (Å²) >= 11 is 0. The molecule has 0 aliphatic heterocycles. The normalized spacial score (nSPS) is 6.00. The zero-order chi connectivity index (χ0) is 6.41. The summed E-state index contributed by atoms with van der Waals surface area (Å²) in [4.78, 5) is 33.0. The smallest absolute Gasteiger partial charge is 0.154 e. The third kappa shape index (κ3) is 2.66. The molecule has 0 aliphatic rings. The number of carbonyl (C=O) groups excluding carboxylic acids is 3. The molecule has 0 spiro atoms. The lowest BCUT2D eigenvalue weighted by Gasteiger charge is -1.28. The van der Waals surface area contributed by atoms with E-state index in [0.29, 0.717) is 0 Å². The molecule has 5 nitrogen and oxygen atoms in total. The van der Waals surface area contributed by atoms with Crippen molar-refractivity contribution in [1.82, 2.24) is 9.98 Å². The molecule has 0 aromatic rings. The number of aliphatic imine (C=N–C) groups is 2. The molecule has 0 rings (SSSR count). The second-order valence-electron chi connectivity index (χ2n) is 0.689. The third-order valence-electron chi connectivity index (χ3n) is 0.283. The molecule has 0 saturated heterocycles. The van der Waals surface area contributed by atoms with E-state index in [1.165, 1.54) is 0 Å². The van der Waals surface area contributed by atoms with Crippen LogP contribution in [0.15, 0.2) is 0 Å². The first kappa shape index (κ1) is 6.43. The van der Waals surface area contributed by atoms with Gasteiger partial charge in [0.15, 0.2) is 0 Å². The van der Waals surface area contributed by atoms with Gasteiger partial charge in [-0.3, -0.25) is 0 Å². The predicted octanol–water partition coefficient (Wildman–Crippen LogP) is -1.55. The van der Waals surface area contributed by atoms with Crippen LogP contribution in [0.1, 0.15) is 0 Å². The maximum absolute atomic E-state index is 9.78. The largest absolute Gasteiger partial charge is 0.831 e. The van der Waals surface area contributed by atoms with Gasteiger partial charge in [0.1, 0.15) is 0 Å². The van der Waals surface area contributed by atoms with E-state index >= 15 is 0 Å². The molecule has 0 aromatic carbocycles. The van der Waals surface area contributed by atoms with Crippen LogP contribution in [0, 0.1) is 0 Å². The van der Waals surface area contributed by atoms with Crippen LogP contribution < -0.4 is 9.98 Å². The first-order chi connectivity index (χ1) is 3.81. The highest BCUT2D eigenvalue weighted by molar-refractivity contribution is 5.79. The number of isocyanates is 2. The molecule has 0 fully saturated rings. The van der Waals surface area contributed by atoms with Crippen molar-refractivity contribution in [1.29, 1.82) is 0 Å². The van der Waals surface area contributed by atoms with Crippen molar-refractivity contribution in [2.24, 2.45) is 0 Å². The van der Waals surface area contributed by atoms with Crippen molar-refractivity contribution in [2.75, 3.05) is 0 Å². The molecule has 2 amide bonds. The Morgan fingerprint density at radius 1 is 1.12 bits per heavy atom. The van der Waals surface area contributed by atoms with Crippen LogP contribution in [-0.4, -0.2) is 18.2 Å². The van der Waals surface area contributed by atoms with Gasteiger partial charge in [0.25, 0.3) is 9.98 Å². The minimum absolute atomic E-state index is 0.905. The number of rotatable bonds is 0. The molecule has 0 aromatic heterocycles. The molecule has 0 atom stereocenters. The Morgan fingerprint density at radius 3 is 1.75 bits per heavy atom. The summed E-state index contributed by atoms with van der Waals surface area (Å²) in [5, 5.41) is 0. The van der Waals surface area contributed by atoms with Crippen molar-refractivity contribution in [2.45, 2.75) is 0 Å². The van der Waals surface area contributed by atoms with Crippen molar-refractivity contribution >= 4 is 18.2 Å². The molecule has 0 saturated carbocycles. The molecular weight excluding hydrogens is 112 g/mol. The van der Waals surface area contributed by atoms with E-state index in [1.54, 1.807) is 0 Å². The van der Waals surface area contributed by atoms with Gasteiger partial charge in [-0.2, -0.15) is 9.59 Å². The van der Waals surface area contributed by atoms with E-state index in [0.717, 1.165) is 12.2 Å². The Balaban J connectivity index is 4.04. The Hall–Kier alpha value is -1.57. The molecule has 0 unspecified atom stereocenters. The van der Waals surface area contributed by atoms with Crippen LogP contribution in [0.2, 0.25) is 0 Å². The SMILES string of the molecule is O=C=[N+]C(=O)[N+]=C=O. The highest BCUT2D eigenvalue weighted by atomic mass is 16.2. The average molecular weight is 112 g/mol. The summed E-state index contributed by atoms with van der Waals surface area (Å²) in [6.45, 7) is 0. The number of nitrogens with zero attached hydrogens (tertiary/aromatic N) is 2. The van der Waals surface area contributed by atoms with Crippen LogP contribution in [0.3, 0.4) is 0 Å². The van der Waals surface area contributed by atoms with Gasteiger partial charge in [-0.15, -0.1) is 4.79 Å². The van der Waals surface area contributed by atoms with E-state index in [1.807, 2.05) is 0 Å². The first-order valence-electron chi connectivity index (χ1n) is 1.51. The average Bonchev–Trinajstić information content (AvgIpc) is 1.68. The monoisotopic (exact) mass is 112 g/mol. The fourth-order valence-corrected chi connectivity index (χ4v) is 0.103. The maximum Gasteiger partial charge on any atom is 0.831 e. The van der Waals surface area contributed by atoms with Gasteiger partial charge < -0.3 is 0 Å². The molecule has 38 valence electrons. The maximum atomic E-state index is 9.78. The molecule has 8 heavy (non-hydrogen) atoms. The van der Waals surface area contributed by atoms with Crippen molar-refractivity contribution < 1.29 is 14.4 Å². The van der Waals surface area contributed by atoms with Crippen LogP contribution >= 0.6 is 0 Å². The van der Waals surface area contributed by atoms with E-state index in [9.17, 15) is 14.4 Å². The van der Waals surface area contributed by atoms with Crippen molar-refractivity contribution in [3.05, 3.63) is 0 Å². The summed E-state index contributed by atoms with van der Waals surface area (Å²) in [6.07, 6.45) is 1.81. The van der Waals surface area contributed by atoms with Crippen LogP contribution in [0.25, 0.3) is 0 Å². The van der Waals surface area contributed by atoms with Gasteiger partial charge in [-0.25, -0.2) is 0 Å². The van der Waals surface area contributed by atoms with Crippen LogP contribution in [-0.2, 0) is 9.59 Å². The number of hydrogen-bond acceptors (Lipinski definition) is 3. The van der Waals surface area contributed by atoms with Crippen LogP contribution in [0.4, 0.5) is 4.79 Å². The Bertz CT molecular complexity index is 165. The molecule has 2 radical (unpaired) electrons. The van der Waals surface area contributed by atoms with Gasteiger partial charge in [-0.1, -0.05) is 0 Å².